The number of aldehydes is 1. The summed E-state index contributed by atoms with van der Waals surface area (Å²) in [6, 6.07) is 0. The predicted octanol–water partition coefficient (Wildman–Crippen LogP) is 6.22. The van der Waals surface area contributed by atoms with Gasteiger partial charge in [-0.15, -0.1) is 0 Å². The molecule has 3 aliphatic rings. The molecule has 0 radical (unpaired) electrons. The lowest BCUT2D eigenvalue weighted by atomic mass is 9.78. The van der Waals surface area contributed by atoms with E-state index in [9.17, 15) is 4.79 Å². The van der Waals surface area contributed by atoms with Gasteiger partial charge in [-0.3, -0.25) is 0 Å². The second-order valence-electron chi connectivity index (χ2n) is 9.39. The van der Waals surface area contributed by atoms with Gasteiger partial charge in [0.15, 0.2) is 0 Å². The Kier molecular flexibility index (Phi) is 12.0. The van der Waals surface area contributed by atoms with Crippen LogP contribution in [0.5, 0.6) is 0 Å². The van der Waals surface area contributed by atoms with Crippen molar-refractivity contribution in [3.63, 3.8) is 0 Å². The summed E-state index contributed by atoms with van der Waals surface area (Å²) in [5.41, 5.74) is 0. The number of ether oxygens (including phenoxy) is 1. The number of rotatable bonds is 3. The first-order chi connectivity index (χ1) is 14.3. The van der Waals surface area contributed by atoms with E-state index in [-0.39, 0.29) is 12.0 Å². The Morgan fingerprint density at radius 1 is 0.900 bits per heavy atom. The Labute approximate surface area is 185 Å². The number of carbonyl (C=O) groups excluding carboxylic acids is 1. The molecular weight excluding hydrogens is 372 g/mol. The van der Waals surface area contributed by atoms with Gasteiger partial charge < -0.3 is 14.6 Å². The van der Waals surface area contributed by atoms with Crippen molar-refractivity contribution in [2.24, 2.45) is 47.3 Å². The van der Waals surface area contributed by atoms with E-state index in [0.717, 1.165) is 19.1 Å². The number of carbonyl (C=O) groups is 1. The van der Waals surface area contributed by atoms with E-state index >= 15 is 0 Å². The first kappa shape index (κ1) is 26.4. The van der Waals surface area contributed by atoms with E-state index in [4.69, 9.17) is 9.84 Å². The highest BCUT2D eigenvalue weighted by Crippen LogP contribution is 2.29. The van der Waals surface area contributed by atoms with Crippen LogP contribution in [0, 0.1) is 47.3 Å². The quantitative estimate of drug-likeness (QED) is 0.439. The van der Waals surface area contributed by atoms with E-state index < -0.39 is 0 Å². The molecule has 0 fully saturated rings. The van der Waals surface area contributed by atoms with Crippen molar-refractivity contribution in [1.82, 2.24) is 0 Å². The van der Waals surface area contributed by atoms with Crippen LogP contribution in [0.3, 0.4) is 0 Å². The molecule has 0 aromatic rings. The van der Waals surface area contributed by atoms with Crippen LogP contribution in [0.4, 0.5) is 0 Å². The maximum atomic E-state index is 10.5. The molecule has 1 aliphatic heterocycles. The lowest BCUT2D eigenvalue weighted by Gasteiger charge is -2.28. The zero-order valence-electron chi connectivity index (χ0n) is 19.9. The predicted molar refractivity (Wildman–Crippen MR) is 127 cm³/mol. The van der Waals surface area contributed by atoms with Crippen molar-refractivity contribution in [3.05, 3.63) is 49.3 Å². The molecule has 0 saturated heterocycles. The minimum absolute atomic E-state index is 0.208. The summed E-state index contributed by atoms with van der Waals surface area (Å²) in [4.78, 5) is 10.5. The number of hydrogen-bond donors (Lipinski definition) is 1. The molecule has 2 aliphatic carbocycles. The summed E-state index contributed by atoms with van der Waals surface area (Å²) < 4.78 is 5.31. The summed E-state index contributed by atoms with van der Waals surface area (Å²) in [7, 11) is 0. The highest BCUT2D eigenvalue weighted by molar-refractivity contribution is 5.55. The van der Waals surface area contributed by atoms with Crippen LogP contribution in [0.2, 0.25) is 0 Å². The van der Waals surface area contributed by atoms with Crippen molar-refractivity contribution in [1.29, 1.82) is 0 Å². The Bertz CT molecular complexity index is 555. The zero-order chi connectivity index (χ0) is 22.7. The fourth-order valence-corrected chi connectivity index (χ4v) is 4.07. The molecule has 0 amide bonds. The largest absolute Gasteiger partial charge is 0.494 e. The Hall–Kier alpha value is -1.61. The smallest absolute Gasteiger partial charge is 0.123 e. The van der Waals surface area contributed by atoms with E-state index in [2.05, 4.69) is 78.5 Å². The lowest BCUT2D eigenvalue weighted by molar-refractivity contribution is -0.112. The monoisotopic (exact) mass is 416 g/mol. The maximum Gasteiger partial charge on any atom is 0.123 e. The molecule has 0 aromatic heterocycles. The standard InChI is InChI=1S/C9H16O.2C9H14O/c2*1-7-4-3-5-9(6-10)8(7)2;1-4-9-8(3)7(2)5-6-10-9/h3-4,7-10H,5-6H2,1-2H3;3-4,6-9H,5H2,1-2H3;4-9H,1H2,2-3H3. The molecule has 9 atom stereocenters. The molecule has 3 nitrogen and oxygen atoms in total. The summed E-state index contributed by atoms with van der Waals surface area (Å²) in [6.45, 7) is 17.2. The van der Waals surface area contributed by atoms with Crippen LogP contribution in [-0.4, -0.2) is 24.1 Å². The summed E-state index contributed by atoms with van der Waals surface area (Å²) in [5, 5.41) is 8.95. The van der Waals surface area contributed by atoms with Gasteiger partial charge >= 0.3 is 0 Å². The average molecular weight is 417 g/mol. The fourth-order valence-electron chi connectivity index (χ4n) is 4.07. The summed E-state index contributed by atoms with van der Waals surface area (Å²) >= 11 is 0. The van der Waals surface area contributed by atoms with Crippen molar-refractivity contribution < 1.29 is 14.6 Å². The van der Waals surface area contributed by atoms with Crippen LogP contribution in [0.25, 0.3) is 0 Å². The Morgan fingerprint density at radius 2 is 1.47 bits per heavy atom. The Morgan fingerprint density at radius 3 is 1.93 bits per heavy atom. The van der Waals surface area contributed by atoms with Gasteiger partial charge in [-0.05, 0) is 54.4 Å². The topological polar surface area (TPSA) is 46.5 Å². The molecule has 0 saturated carbocycles. The lowest BCUT2D eigenvalue weighted by Crippen LogP contribution is -2.25. The van der Waals surface area contributed by atoms with Crippen molar-refractivity contribution in [3.8, 4) is 0 Å². The molecule has 170 valence electrons. The highest BCUT2D eigenvalue weighted by Gasteiger charge is 2.23. The van der Waals surface area contributed by atoms with Crippen LogP contribution in [0.15, 0.2) is 49.3 Å². The van der Waals surface area contributed by atoms with Crippen LogP contribution in [0.1, 0.15) is 54.4 Å². The molecule has 9 unspecified atom stereocenters. The third-order valence-electron chi connectivity index (χ3n) is 7.41. The molecule has 3 heteroatoms. The van der Waals surface area contributed by atoms with E-state index in [1.54, 1.807) is 6.26 Å². The van der Waals surface area contributed by atoms with Gasteiger partial charge in [0.1, 0.15) is 12.4 Å². The second kappa shape index (κ2) is 13.6. The maximum absolute atomic E-state index is 10.5. The van der Waals surface area contributed by atoms with Crippen LogP contribution >= 0.6 is 0 Å². The Balaban J connectivity index is 0.000000225. The number of aliphatic hydroxyl groups excluding tert-OH is 1. The minimum Gasteiger partial charge on any atom is -0.494 e. The SMILES string of the molecule is C=CC1OC=CC(C)C1C.CC1C=CCC(C=O)C1C.CC1C=CCC(CO)C1C. The molecule has 0 aromatic carbocycles. The molecule has 0 bridgehead atoms. The molecule has 3 rings (SSSR count). The van der Waals surface area contributed by atoms with Crippen molar-refractivity contribution in [2.75, 3.05) is 6.61 Å². The van der Waals surface area contributed by atoms with E-state index in [1.807, 2.05) is 6.08 Å². The summed E-state index contributed by atoms with van der Waals surface area (Å²) in [6.07, 6.45) is 17.8. The van der Waals surface area contributed by atoms with E-state index in [0.29, 0.717) is 48.0 Å². The fraction of sp³-hybridized carbons (Fsp3) is 0.667. The molecule has 1 N–H and O–H groups in total. The van der Waals surface area contributed by atoms with Gasteiger partial charge in [-0.2, -0.15) is 0 Å². The van der Waals surface area contributed by atoms with Crippen LogP contribution in [-0.2, 0) is 9.53 Å². The molecular formula is C27H44O3. The molecule has 30 heavy (non-hydrogen) atoms. The first-order valence-corrected chi connectivity index (χ1v) is 11.6. The number of aliphatic hydroxyl groups is 1. The third-order valence-corrected chi connectivity index (χ3v) is 7.41. The normalized spacial score (nSPS) is 39.5. The number of allylic oxidation sites excluding steroid dienone is 5. The second-order valence-corrected chi connectivity index (χ2v) is 9.39. The highest BCUT2D eigenvalue weighted by atomic mass is 16.5. The number of hydrogen-bond acceptors (Lipinski definition) is 3. The zero-order valence-corrected chi connectivity index (χ0v) is 19.9. The van der Waals surface area contributed by atoms with Gasteiger partial charge in [0.05, 0.1) is 6.26 Å². The van der Waals surface area contributed by atoms with Gasteiger partial charge in [0, 0.05) is 18.4 Å². The summed E-state index contributed by atoms with van der Waals surface area (Å²) in [5.74, 6) is 4.33. The van der Waals surface area contributed by atoms with Gasteiger partial charge in [0.2, 0.25) is 0 Å². The van der Waals surface area contributed by atoms with E-state index in [1.165, 1.54) is 0 Å². The van der Waals surface area contributed by atoms with Gasteiger partial charge in [0.25, 0.3) is 0 Å². The third kappa shape index (κ3) is 7.91. The molecule has 1 heterocycles. The van der Waals surface area contributed by atoms with Crippen molar-refractivity contribution in [2.45, 2.75) is 60.5 Å². The van der Waals surface area contributed by atoms with Crippen LogP contribution < -0.4 is 0 Å². The van der Waals surface area contributed by atoms with Gasteiger partial charge in [-0.1, -0.05) is 78.5 Å². The molecule has 0 spiro atoms. The first-order valence-electron chi connectivity index (χ1n) is 11.6. The average Bonchev–Trinajstić information content (AvgIpc) is 2.75. The van der Waals surface area contributed by atoms with Crippen molar-refractivity contribution >= 4 is 6.29 Å². The minimum atomic E-state index is 0.208. The van der Waals surface area contributed by atoms with Gasteiger partial charge in [-0.25, -0.2) is 0 Å².